The highest BCUT2D eigenvalue weighted by Crippen LogP contribution is 2.39. The van der Waals surface area contributed by atoms with Crippen LogP contribution in [-0.2, 0) is 0 Å². The number of rotatable bonds is 1. The molecule has 3 aromatic rings. The van der Waals surface area contributed by atoms with Crippen molar-refractivity contribution in [2.45, 2.75) is 25.8 Å². The maximum Gasteiger partial charge on any atom is 0.132 e. The number of hydrogen-bond donors (Lipinski definition) is 1. The third-order valence-corrected chi connectivity index (χ3v) is 4.32. The molecule has 0 spiro atoms. The highest BCUT2D eigenvalue weighted by molar-refractivity contribution is 5.89. The molecule has 2 heterocycles. The summed E-state index contributed by atoms with van der Waals surface area (Å²) in [6.07, 6.45) is 1.97. The summed E-state index contributed by atoms with van der Waals surface area (Å²) in [5.41, 5.74) is 8.27. The molecular formula is C18H19N3O. The Hall–Kier alpha value is -2.49. The van der Waals surface area contributed by atoms with E-state index in [1.807, 2.05) is 17.7 Å². The molecule has 2 N–H and O–H groups in total. The lowest BCUT2D eigenvalue weighted by Crippen LogP contribution is -2.14. The Bertz CT molecular complexity index is 837. The molecule has 0 aliphatic carbocycles. The van der Waals surface area contributed by atoms with Gasteiger partial charge in [-0.3, -0.25) is 0 Å². The van der Waals surface area contributed by atoms with Crippen molar-refractivity contribution in [1.82, 2.24) is 9.78 Å². The minimum Gasteiger partial charge on any atom is -0.493 e. The van der Waals surface area contributed by atoms with Gasteiger partial charge < -0.3 is 10.5 Å². The summed E-state index contributed by atoms with van der Waals surface area (Å²) in [5.74, 6) is 1.69. The number of aryl methyl sites for hydroxylation is 1. The normalized spacial score (nSPS) is 17.8. The Kier molecular flexibility index (Phi) is 3.03. The zero-order valence-corrected chi connectivity index (χ0v) is 12.6. The van der Waals surface area contributed by atoms with Crippen molar-refractivity contribution in [1.29, 1.82) is 0 Å². The fraction of sp³-hybridized carbons (Fsp3) is 0.278. The van der Waals surface area contributed by atoms with E-state index in [1.54, 1.807) is 0 Å². The number of fused-ring (bicyclic) bond motifs is 3. The number of nitrogen functional groups attached to an aromatic ring is 1. The Labute approximate surface area is 129 Å². The lowest BCUT2D eigenvalue weighted by Gasteiger charge is -2.19. The number of hydrogen-bond acceptors (Lipinski definition) is 3. The Morgan fingerprint density at radius 2 is 2.09 bits per heavy atom. The van der Waals surface area contributed by atoms with Gasteiger partial charge in [0.25, 0.3) is 0 Å². The molecule has 1 aliphatic rings. The second-order valence-corrected chi connectivity index (χ2v) is 5.87. The Balaban J connectivity index is 1.93. The first-order chi connectivity index (χ1) is 10.7. The largest absolute Gasteiger partial charge is 0.493 e. The number of nitrogens with zero attached hydrogens (tertiary/aromatic N) is 2. The number of aromatic nitrogens is 2. The van der Waals surface area contributed by atoms with Crippen LogP contribution in [0.2, 0.25) is 0 Å². The first-order valence-electron chi connectivity index (χ1n) is 7.70. The molecule has 22 heavy (non-hydrogen) atoms. The predicted molar refractivity (Wildman–Crippen MR) is 88.2 cm³/mol. The molecule has 0 bridgehead atoms. The van der Waals surface area contributed by atoms with Gasteiger partial charge in [-0.2, -0.15) is 5.10 Å². The average molecular weight is 293 g/mol. The van der Waals surface area contributed by atoms with Gasteiger partial charge in [0.15, 0.2) is 0 Å². The van der Waals surface area contributed by atoms with Crippen molar-refractivity contribution in [3.63, 3.8) is 0 Å². The SMILES string of the molecule is Cc1cc(N)n(C2CCCOc3c2ccc2ccccc32)n1. The average Bonchev–Trinajstić information content (AvgIpc) is 2.74. The van der Waals surface area contributed by atoms with Crippen LogP contribution in [0.25, 0.3) is 10.8 Å². The molecular weight excluding hydrogens is 274 g/mol. The van der Waals surface area contributed by atoms with E-state index in [-0.39, 0.29) is 6.04 Å². The van der Waals surface area contributed by atoms with Gasteiger partial charge in [0.1, 0.15) is 11.6 Å². The molecule has 0 radical (unpaired) electrons. The summed E-state index contributed by atoms with van der Waals surface area (Å²) in [5, 5.41) is 6.95. The summed E-state index contributed by atoms with van der Waals surface area (Å²) in [7, 11) is 0. The van der Waals surface area contributed by atoms with Crippen LogP contribution in [0.5, 0.6) is 5.75 Å². The van der Waals surface area contributed by atoms with Gasteiger partial charge in [-0.05, 0) is 25.2 Å². The minimum atomic E-state index is 0.135. The zero-order chi connectivity index (χ0) is 15.1. The van der Waals surface area contributed by atoms with Gasteiger partial charge in [0.2, 0.25) is 0 Å². The molecule has 4 heteroatoms. The fourth-order valence-electron chi connectivity index (χ4n) is 3.33. The van der Waals surface area contributed by atoms with E-state index >= 15 is 0 Å². The minimum absolute atomic E-state index is 0.135. The summed E-state index contributed by atoms with van der Waals surface area (Å²) < 4.78 is 8.02. The molecule has 1 aliphatic heterocycles. The van der Waals surface area contributed by atoms with E-state index in [4.69, 9.17) is 10.5 Å². The second-order valence-electron chi connectivity index (χ2n) is 5.87. The molecule has 0 saturated heterocycles. The number of anilines is 1. The fourth-order valence-corrected chi connectivity index (χ4v) is 3.33. The van der Waals surface area contributed by atoms with Crippen LogP contribution in [0.1, 0.15) is 30.1 Å². The Morgan fingerprint density at radius 3 is 2.91 bits per heavy atom. The molecule has 0 amide bonds. The molecule has 4 rings (SSSR count). The van der Waals surface area contributed by atoms with Crippen LogP contribution in [0.3, 0.4) is 0 Å². The predicted octanol–water partition coefficient (Wildman–Crippen LogP) is 3.69. The topological polar surface area (TPSA) is 53.1 Å². The lowest BCUT2D eigenvalue weighted by molar-refractivity contribution is 0.318. The maximum absolute atomic E-state index is 6.15. The van der Waals surface area contributed by atoms with E-state index in [2.05, 4.69) is 41.5 Å². The van der Waals surface area contributed by atoms with Crippen LogP contribution in [0, 0.1) is 6.92 Å². The molecule has 1 atom stereocenters. The summed E-state index contributed by atoms with van der Waals surface area (Å²) in [6.45, 7) is 2.71. The standard InChI is InChI=1S/C18H19N3O/c1-12-11-17(19)21(20-12)16-7-4-10-22-18-14-6-3-2-5-13(14)8-9-15(16)18/h2-3,5-6,8-9,11,16H,4,7,10,19H2,1H3. The molecule has 4 nitrogen and oxygen atoms in total. The Morgan fingerprint density at radius 1 is 1.23 bits per heavy atom. The smallest absolute Gasteiger partial charge is 0.132 e. The summed E-state index contributed by atoms with van der Waals surface area (Å²) >= 11 is 0. The van der Waals surface area contributed by atoms with E-state index in [9.17, 15) is 0 Å². The zero-order valence-electron chi connectivity index (χ0n) is 12.6. The summed E-state index contributed by atoms with van der Waals surface area (Å²) in [6, 6.07) is 14.7. The first kappa shape index (κ1) is 13.2. The second kappa shape index (κ2) is 5.05. The van der Waals surface area contributed by atoms with Crippen LogP contribution >= 0.6 is 0 Å². The van der Waals surface area contributed by atoms with Crippen molar-refractivity contribution >= 4 is 16.6 Å². The molecule has 2 aromatic carbocycles. The van der Waals surface area contributed by atoms with Gasteiger partial charge in [-0.1, -0.05) is 36.4 Å². The molecule has 1 aromatic heterocycles. The van der Waals surface area contributed by atoms with Crippen molar-refractivity contribution < 1.29 is 4.74 Å². The quantitative estimate of drug-likeness (QED) is 0.744. The van der Waals surface area contributed by atoms with Gasteiger partial charge in [0, 0.05) is 17.0 Å². The molecule has 112 valence electrons. The number of benzene rings is 2. The number of ether oxygens (including phenoxy) is 1. The molecule has 0 saturated carbocycles. The van der Waals surface area contributed by atoms with Crippen molar-refractivity contribution in [3.8, 4) is 5.75 Å². The third-order valence-electron chi connectivity index (χ3n) is 4.32. The van der Waals surface area contributed by atoms with E-state index < -0.39 is 0 Å². The third kappa shape index (κ3) is 2.03. The monoisotopic (exact) mass is 293 g/mol. The van der Waals surface area contributed by atoms with Crippen LogP contribution in [0.4, 0.5) is 5.82 Å². The van der Waals surface area contributed by atoms with Gasteiger partial charge in [-0.25, -0.2) is 4.68 Å². The van der Waals surface area contributed by atoms with E-state index in [1.165, 1.54) is 10.9 Å². The van der Waals surface area contributed by atoms with Crippen LogP contribution in [0.15, 0.2) is 42.5 Å². The van der Waals surface area contributed by atoms with Crippen molar-refractivity contribution in [2.75, 3.05) is 12.3 Å². The molecule has 1 unspecified atom stereocenters. The van der Waals surface area contributed by atoms with E-state index in [0.717, 1.165) is 36.3 Å². The number of nitrogens with two attached hydrogens (primary N) is 1. The van der Waals surface area contributed by atoms with Crippen LogP contribution < -0.4 is 10.5 Å². The maximum atomic E-state index is 6.15. The lowest BCUT2D eigenvalue weighted by atomic mass is 9.98. The highest BCUT2D eigenvalue weighted by Gasteiger charge is 2.25. The molecule has 0 fully saturated rings. The summed E-state index contributed by atoms with van der Waals surface area (Å²) in [4.78, 5) is 0. The van der Waals surface area contributed by atoms with Crippen molar-refractivity contribution in [2.24, 2.45) is 0 Å². The highest BCUT2D eigenvalue weighted by atomic mass is 16.5. The van der Waals surface area contributed by atoms with Gasteiger partial charge in [0.05, 0.1) is 18.3 Å². The van der Waals surface area contributed by atoms with Gasteiger partial charge >= 0.3 is 0 Å². The first-order valence-corrected chi connectivity index (χ1v) is 7.70. The van der Waals surface area contributed by atoms with Crippen LogP contribution in [-0.4, -0.2) is 16.4 Å². The van der Waals surface area contributed by atoms with Crippen molar-refractivity contribution in [3.05, 3.63) is 53.7 Å². The van der Waals surface area contributed by atoms with E-state index in [0.29, 0.717) is 5.82 Å². The van der Waals surface area contributed by atoms with Gasteiger partial charge in [-0.15, -0.1) is 0 Å².